The van der Waals surface area contributed by atoms with Gasteiger partial charge in [0, 0.05) is 18.7 Å². The molecule has 1 aliphatic heterocycles. The minimum atomic E-state index is -4.50. The molecule has 2 N–H and O–H groups in total. The number of carboxylic acids is 1. The van der Waals surface area contributed by atoms with E-state index in [0.29, 0.717) is 11.1 Å². The molecule has 0 radical (unpaired) electrons. The monoisotopic (exact) mass is 353 g/mol. The lowest BCUT2D eigenvalue weighted by Gasteiger charge is -2.14. The molecule has 0 bridgehead atoms. The Hall–Kier alpha value is -2.84. The summed E-state index contributed by atoms with van der Waals surface area (Å²) in [4.78, 5) is 22.9. The van der Waals surface area contributed by atoms with E-state index in [1.807, 2.05) is 0 Å². The van der Waals surface area contributed by atoms with Crippen molar-refractivity contribution in [2.45, 2.75) is 18.6 Å². The molecule has 2 unspecified atom stereocenters. The molecule has 0 saturated carbocycles. The molecule has 2 heterocycles. The average Bonchev–Trinajstić information content (AvgIpc) is 3.14. The van der Waals surface area contributed by atoms with E-state index in [4.69, 9.17) is 0 Å². The Kier molecular flexibility index (Phi) is 4.23. The molecule has 3 rings (SSSR count). The van der Waals surface area contributed by atoms with Crippen LogP contribution in [-0.4, -0.2) is 33.3 Å². The Morgan fingerprint density at radius 2 is 2.12 bits per heavy atom. The van der Waals surface area contributed by atoms with Gasteiger partial charge >= 0.3 is 12.1 Å². The van der Waals surface area contributed by atoms with Gasteiger partial charge in [-0.3, -0.25) is 14.3 Å². The molecule has 2 atom stereocenters. The average molecular weight is 353 g/mol. The van der Waals surface area contributed by atoms with Crippen LogP contribution in [0.25, 0.3) is 0 Å². The van der Waals surface area contributed by atoms with Crippen LogP contribution >= 0.6 is 0 Å². The third-order valence-electron chi connectivity index (χ3n) is 4.10. The summed E-state index contributed by atoms with van der Waals surface area (Å²) in [6.45, 7) is 0.314. The molecule has 1 saturated heterocycles. The molecule has 1 amide bonds. The molecule has 2 aromatic rings. The highest BCUT2D eigenvalue weighted by Gasteiger charge is 2.41. The first kappa shape index (κ1) is 17.0. The first-order chi connectivity index (χ1) is 11.8. The van der Waals surface area contributed by atoms with Crippen LogP contribution in [0.3, 0.4) is 0 Å². The van der Waals surface area contributed by atoms with Crippen LogP contribution in [0.15, 0.2) is 36.5 Å². The number of nitrogens with zero attached hydrogens (tertiary/aromatic N) is 2. The van der Waals surface area contributed by atoms with Crippen molar-refractivity contribution in [1.82, 2.24) is 15.1 Å². The van der Waals surface area contributed by atoms with Crippen molar-refractivity contribution in [3.05, 3.63) is 53.3 Å². The second-order valence-electron chi connectivity index (χ2n) is 5.81. The maximum Gasteiger partial charge on any atom is 0.435 e. The number of benzene rings is 1. The van der Waals surface area contributed by atoms with Gasteiger partial charge in [-0.2, -0.15) is 18.3 Å². The minimum Gasteiger partial charge on any atom is -0.481 e. The summed E-state index contributed by atoms with van der Waals surface area (Å²) in [7, 11) is 0. The summed E-state index contributed by atoms with van der Waals surface area (Å²) in [5, 5.41) is 15.2. The Balaban J connectivity index is 1.81. The van der Waals surface area contributed by atoms with Gasteiger partial charge in [0.25, 0.3) is 0 Å². The second kappa shape index (κ2) is 6.23. The number of nitrogens with one attached hydrogen (secondary N) is 1. The summed E-state index contributed by atoms with van der Waals surface area (Å²) in [6, 6.07) is 7.67. The van der Waals surface area contributed by atoms with Crippen LogP contribution < -0.4 is 5.32 Å². The van der Waals surface area contributed by atoms with Crippen LogP contribution in [0.2, 0.25) is 0 Å². The van der Waals surface area contributed by atoms with Crippen LogP contribution in [0, 0.1) is 5.92 Å². The van der Waals surface area contributed by atoms with E-state index in [1.165, 1.54) is 6.20 Å². The van der Waals surface area contributed by atoms with Gasteiger partial charge in [-0.15, -0.1) is 0 Å². The largest absolute Gasteiger partial charge is 0.481 e. The number of hydrogen-bond acceptors (Lipinski definition) is 3. The number of amides is 1. The third kappa shape index (κ3) is 3.49. The molecule has 1 aromatic carbocycles. The first-order valence-corrected chi connectivity index (χ1v) is 7.45. The van der Waals surface area contributed by atoms with Gasteiger partial charge in [-0.05, 0) is 17.2 Å². The smallest absolute Gasteiger partial charge is 0.435 e. The topological polar surface area (TPSA) is 84.2 Å². The van der Waals surface area contributed by atoms with Gasteiger partial charge in [0.1, 0.15) is 5.92 Å². The molecule has 1 aromatic heterocycles. The number of halogens is 3. The Morgan fingerprint density at radius 3 is 2.76 bits per heavy atom. The number of carbonyl (C=O) groups is 2. The van der Waals surface area contributed by atoms with E-state index >= 15 is 0 Å². The molecular weight excluding hydrogens is 339 g/mol. The Labute approximate surface area is 140 Å². The number of carboxylic acid groups (broad SMARTS) is 1. The summed E-state index contributed by atoms with van der Waals surface area (Å²) in [6.07, 6.45) is -3.27. The van der Waals surface area contributed by atoms with Crippen LogP contribution in [0.1, 0.15) is 22.7 Å². The third-order valence-corrected chi connectivity index (χ3v) is 4.10. The molecule has 6 nitrogen and oxygen atoms in total. The minimum absolute atomic E-state index is 0.107. The van der Waals surface area contributed by atoms with E-state index in [9.17, 15) is 27.9 Å². The summed E-state index contributed by atoms with van der Waals surface area (Å²) >= 11 is 0. The zero-order valence-electron chi connectivity index (χ0n) is 12.8. The maximum atomic E-state index is 12.6. The summed E-state index contributed by atoms with van der Waals surface area (Å²) in [5.41, 5.74) is 0.337. The van der Waals surface area contributed by atoms with Gasteiger partial charge < -0.3 is 10.4 Å². The number of aliphatic carboxylic acids is 1. The van der Waals surface area contributed by atoms with Crippen molar-refractivity contribution in [1.29, 1.82) is 0 Å². The fraction of sp³-hybridized carbons (Fsp3) is 0.312. The standard InChI is InChI=1S/C16H14F3N3O3/c17-16(18,19)12-4-5-22(21-12)8-9-2-1-3-10(6-9)11-7-20-14(23)13(11)15(24)25/h1-6,11,13H,7-8H2,(H,20,23)(H,24,25). The predicted molar refractivity (Wildman–Crippen MR) is 79.6 cm³/mol. The summed E-state index contributed by atoms with van der Waals surface area (Å²) < 4.78 is 38.9. The fourth-order valence-electron chi connectivity index (χ4n) is 2.93. The van der Waals surface area contributed by atoms with Gasteiger partial charge in [-0.1, -0.05) is 24.3 Å². The Bertz CT molecular complexity index is 816. The van der Waals surface area contributed by atoms with Gasteiger partial charge in [0.05, 0.1) is 6.54 Å². The van der Waals surface area contributed by atoms with Crippen molar-refractivity contribution in [3.63, 3.8) is 0 Å². The zero-order chi connectivity index (χ0) is 18.2. The molecule has 1 aliphatic rings. The van der Waals surface area contributed by atoms with Crippen LogP contribution in [-0.2, 0) is 22.3 Å². The molecule has 0 spiro atoms. The van der Waals surface area contributed by atoms with Crippen molar-refractivity contribution in [3.8, 4) is 0 Å². The van der Waals surface area contributed by atoms with Crippen molar-refractivity contribution < 1.29 is 27.9 Å². The van der Waals surface area contributed by atoms with E-state index in [-0.39, 0.29) is 13.1 Å². The number of carbonyl (C=O) groups excluding carboxylic acids is 1. The van der Waals surface area contributed by atoms with Gasteiger partial charge in [0.2, 0.25) is 5.91 Å². The van der Waals surface area contributed by atoms with E-state index < -0.39 is 35.6 Å². The number of rotatable bonds is 4. The second-order valence-corrected chi connectivity index (χ2v) is 5.81. The Morgan fingerprint density at radius 1 is 1.36 bits per heavy atom. The molecule has 9 heteroatoms. The van der Waals surface area contributed by atoms with E-state index in [2.05, 4.69) is 10.4 Å². The molecule has 25 heavy (non-hydrogen) atoms. The van der Waals surface area contributed by atoms with E-state index in [0.717, 1.165) is 10.7 Å². The highest BCUT2D eigenvalue weighted by molar-refractivity contribution is 5.99. The highest BCUT2D eigenvalue weighted by atomic mass is 19.4. The molecular formula is C16H14F3N3O3. The van der Waals surface area contributed by atoms with Crippen LogP contribution in [0.4, 0.5) is 13.2 Å². The lowest BCUT2D eigenvalue weighted by Crippen LogP contribution is -2.26. The lowest BCUT2D eigenvalue weighted by molar-refractivity contribution is -0.146. The molecule has 132 valence electrons. The fourth-order valence-corrected chi connectivity index (χ4v) is 2.93. The van der Waals surface area contributed by atoms with Crippen molar-refractivity contribution in [2.75, 3.05) is 6.54 Å². The lowest BCUT2D eigenvalue weighted by atomic mass is 9.88. The predicted octanol–water partition coefficient (Wildman–Crippen LogP) is 1.86. The highest BCUT2D eigenvalue weighted by Crippen LogP contribution is 2.30. The first-order valence-electron chi connectivity index (χ1n) is 7.45. The maximum absolute atomic E-state index is 12.6. The zero-order valence-corrected chi connectivity index (χ0v) is 12.8. The number of aromatic nitrogens is 2. The van der Waals surface area contributed by atoms with Crippen molar-refractivity contribution in [2.24, 2.45) is 5.92 Å². The summed E-state index contributed by atoms with van der Waals surface area (Å²) in [5.74, 6) is -3.43. The van der Waals surface area contributed by atoms with Gasteiger partial charge in [0.15, 0.2) is 5.69 Å². The SMILES string of the molecule is O=C(O)C1C(=O)NCC1c1cccc(Cn2ccc(C(F)(F)F)n2)c1. The van der Waals surface area contributed by atoms with E-state index in [1.54, 1.807) is 24.3 Å². The quantitative estimate of drug-likeness (QED) is 0.822. The molecule has 0 aliphatic carbocycles. The normalized spacial score (nSPS) is 20.5. The number of hydrogen-bond donors (Lipinski definition) is 2. The number of alkyl halides is 3. The van der Waals surface area contributed by atoms with Gasteiger partial charge in [-0.25, -0.2) is 0 Å². The van der Waals surface area contributed by atoms with Crippen LogP contribution in [0.5, 0.6) is 0 Å². The van der Waals surface area contributed by atoms with Crippen molar-refractivity contribution >= 4 is 11.9 Å². The molecule has 1 fully saturated rings.